The van der Waals surface area contributed by atoms with Crippen molar-refractivity contribution in [1.82, 2.24) is 20.3 Å². The second-order valence-electron chi connectivity index (χ2n) is 4.58. The maximum atomic E-state index is 6.13. The van der Waals surface area contributed by atoms with Gasteiger partial charge in [-0.2, -0.15) is 4.98 Å². The van der Waals surface area contributed by atoms with Gasteiger partial charge in [-0.1, -0.05) is 52.0 Å². The van der Waals surface area contributed by atoms with E-state index in [1.165, 1.54) is 23.1 Å². The van der Waals surface area contributed by atoms with Gasteiger partial charge in [-0.25, -0.2) is 0 Å². The van der Waals surface area contributed by atoms with Gasteiger partial charge in [-0.15, -0.1) is 10.2 Å². The summed E-state index contributed by atoms with van der Waals surface area (Å²) in [7, 11) is 1.66. The Kier molecular flexibility index (Phi) is 6.02. The predicted octanol–water partition coefficient (Wildman–Crippen LogP) is 3.59. The minimum atomic E-state index is 0.412. The Morgan fingerprint density at radius 1 is 1.33 bits per heavy atom. The summed E-state index contributed by atoms with van der Waals surface area (Å²) in [6.07, 6.45) is 0. The first-order chi connectivity index (χ1) is 11.8. The lowest BCUT2D eigenvalue weighted by Crippen LogP contribution is -2.06. The van der Waals surface area contributed by atoms with E-state index in [2.05, 4.69) is 25.7 Å². The Balaban J connectivity index is 1.57. The third-order valence-corrected chi connectivity index (χ3v) is 5.23. The molecule has 1 aromatic carbocycles. The number of nitrogens with zero attached hydrogens (tertiary/aromatic N) is 4. The zero-order valence-corrected chi connectivity index (χ0v) is 15.1. The van der Waals surface area contributed by atoms with Crippen LogP contribution in [-0.2, 0) is 10.5 Å². The molecule has 0 unspecified atom stereocenters. The Labute approximate surface area is 151 Å². The lowest BCUT2D eigenvalue weighted by atomic mass is 10.2. The van der Waals surface area contributed by atoms with Crippen LogP contribution >= 0.6 is 34.7 Å². The van der Waals surface area contributed by atoms with E-state index < -0.39 is 0 Å². The van der Waals surface area contributed by atoms with Gasteiger partial charge in [0.1, 0.15) is 0 Å². The van der Waals surface area contributed by atoms with Crippen LogP contribution in [0.5, 0.6) is 0 Å². The molecule has 2 heterocycles. The quantitative estimate of drug-likeness (QED) is 0.466. The van der Waals surface area contributed by atoms with Gasteiger partial charge in [-0.05, 0) is 12.1 Å². The first-order valence-corrected chi connectivity index (χ1v) is 9.21. The molecular formula is C14H14ClN5O2S2. The van der Waals surface area contributed by atoms with Crippen molar-refractivity contribution in [2.24, 2.45) is 0 Å². The van der Waals surface area contributed by atoms with Gasteiger partial charge in [0.05, 0.1) is 22.9 Å². The molecule has 126 valence electrons. The van der Waals surface area contributed by atoms with Gasteiger partial charge >= 0.3 is 0 Å². The Hall–Kier alpha value is -1.68. The van der Waals surface area contributed by atoms with Crippen LogP contribution in [0.2, 0.25) is 5.02 Å². The predicted molar refractivity (Wildman–Crippen MR) is 94.6 cm³/mol. The highest BCUT2D eigenvalue weighted by Gasteiger charge is 2.13. The number of rotatable bonds is 8. The highest BCUT2D eigenvalue weighted by molar-refractivity contribution is 8.00. The van der Waals surface area contributed by atoms with Crippen molar-refractivity contribution in [3.05, 3.63) is 35.1 Å². The molecule has 0 amide bonds. The Morgan fingerprint density at radius 2 is 2.21 bits per heavy atom. The smallest absolute Gasteiger partial charge is 0.259 e. The van der Waals surface area contributed by atoms with Crippen molar-refractivity contribution in [2.75, 3.05) is 25.6 Å². The minimum absolute atomic E-state index is 0.412. The van der Waals surface area contributed by atoms with Crippen LogP contribution in [0.15, 0.2) is 33.1 Å². The SMILES string of the molecule is COCCNc1nnc(SCc2noc(-c3ccccc3Cl)n2)s1. The van der Waals surface area contributed by atoms with Crippen LogP contribution in [0, 0.1) is 0 Å². The second kappa shape index (κ2) is 8.43. The largest absolute Gasteiger partial charge is 0.383 e. The van der Waals surface area contributed by atoms with Crippen molar-refractivity contribution in [3.8, 4) is 11.5 Å². The highest BCUT2D eigenvalue weighted by Crippen LogP contribution is 2.29. The van der Waals surface area contributed by atoms with E-state index in [1.54, 1.807) is 13.2 Å². The molecule has 24 heavy (non-hydrogen) atoms. The van der Waals surface area contributed by atoms with E-state index in [-0.39, 0.29) is 0 Å². The zero-order valence-electron chi connectivity index (χ0n) is 12.7. The number of anilines is 1. The van der Waals surface area contributed by atoms with E-state index >= 15 is 0 Å². The molecule has 0 spiro atoms. The number of nitrogens with one attached hydrogen (secondary N) is 1. The van der Waals surface area contributed by atoms with Crippen molar-refractivity contribution >= 4 is 39.8 Å². The van der Waals surface area contributed by atoms with Crippen LogP contribution in [0.25, 0.3) is 11.5 Å². The molecule has 0 radical (unpaired) electrons. The lowest BCUT2D eigenvalue weighted by Gasteiger charge is -1.98. The van der Waals surface area contributed by atoms with Crippen LogP contribution in [0.4, 0.5) is 5.13 Å². The van der Waals surface area contributed by atoms with E-state index in [9.17, 15) is 0 Å². The maximum absolute atomic E-state index is 6.13. The summed E-state index contributed by atoms with van der Waals surface area (Å²) >= 11 is 9.11. The molecule has 3 rings (SSSR count). The lowest BCUT2D eigenvalue weighted by molar-refractivity contribution is 0.211. The average molecular weight is 384 g/mol. The molecule has 0 saturated carbocycles. The summed E-state index contributed by atoms with van der Waals surface area (Å²) in [6, 6.07) is 7.36. The second-order valence-corrected chi connectivity index (χ2v) is 7.18. The molecule has 0 atom stereocenters. The van der Waals surface area contributed by atoms with Gasteiger partial charge in [0.25, 0.3) is 5.89 Å². The first-order valence-electron chi connectivity index (χ1n) is 7.03. The number of aromatic nitrogens is 4. The molecule has 7 nitrogen and oxygen atoms in total. The van der Waals surface area contributed by atoms with Crippen molar-refractivity contribution in [3.63, 3.8) is 0 Å². The Morgan fingerprint density at radius 3 is 3.04 bits per heavy atom. The normalized spacial score (nSPS) is 10.9. The van der Waals surface area contributed by atoms with Crippen LogP contribution < -0.4 is 5.32 Å². The number of methoxy groups -OCH3 is 1. The summed E-state index contributed by atoms with van der Waals surface area (Å²) < 4.78 is 11.1. The molecule has 0 aliphatic carbocycles. The molecule has 1 N–H and O–H groups in total. The van der Waals surface area contributed by atoms with Gasteiger partial charge in [0.2, 0.25) is 5.13 Å². The minimum Gasteiger partial charge on any atom is -0.383 e. The molecule has 0 aliphatic rings. The van der Waals surface area contributed by atoms with Crippen molar-refractivity contribution in [2.45, 2.75) is 10.1 Å². The van der Waals surface area contributed by atoms with Gasteiger partial charge in [0.15, 0.2) is 10.2 Å². The van der Waals surface area contributed by atoms with Gasteiger partial charge in [-0.3, -0.25) is 0 Å². The van der Waals surface area contributed by atoms with Crippen molar-refractivity contribution < 1.29 is 9.26 Å². The average Bonchev–Trinajstić information content (AvgIpc) is 3.23. The van der Waals surface area contributed by atoms with Gasteiger partial charge in [0, 0.05) is 13.7 Å². The molecule has 10 heteroatoms. The van der Waals surface area contributed by atoms with Crippen molar-refractivity contribution in [1.29, 1.82) is 0 Å². The number of benzene rings is 1. The van der Waals surface area contributed by atoms with E-state index in [4.69, 9.17) is 20.9 Å². The summed E-state index contributed by atoms with van der Waals surface area (Å²) in [5.74, 6) is 1.54. The third kappa shape index (κ3) is 4.44. The summed E-state index contributed by atoms with van der Waals surface area (Å²) in [5.41, 5.74) is 0.725. The topological polar surface area (TPSA) is 86.0 Å². The van der Waals surface area contributed by atoms with Crippen LogP contribution in [0.3, 0.4) is 0 Å². The standard InChI is InChI=1S/C14H14ClN5O2S2/c1-21-7-6-16-13-18-19-14(24-13)23-8-11-17-12(22-20-11)9-4-2-3-5-10(9)15/h2-5H,6-8H2,1H3,(H,16,18). The number of hydrogen-bond donors (Lipinski definition) is 1. The number of halogens is 1. The Bertz CT molecular complexity index is 795. The summed E-state index contributed by atoms with van der Waals surface area (Å²) in [4.78, 5) is 4.37. The fraction of sp³-hybridized carbons (Fsp3) is 0.286. The molecule has 2 aromatic heterocycles. The molecule has 0 aliphatic heterocycles. The van der Waals surface area contributed by atoms with Crippen LogP contribution in [0.1, 0.15) is 5.82 Å². The molecule has 0 saturated heterocycles. The fourth-order valence-electron chi connectivity index (χ4n) is 1.78. The molecule has 0 bridgehead atoms. The first kappa shape index (κ1) is 17.2. The zero-order chi connectivity index (χ0) is 16.8. The monoisotopic (exact) mass is 383 g/mol. The van der Waals surface area contributed by atoms with E-state index in [0.717, 1.165) is 15.0 Å². The number of ether oxygens (including phenoxy) is 1. The van der Waals surface area contributed by atoms with E-state index in [0.29, 0.717) is 35.6 Å². The molecule has 0 fully saturated rings. The molecular weight excluding hydrogens is 370 g/mol. The maximum Gasteiger partial charge on any atom is 0.259 e. The van der Waals surface area contributed by atoms with Gasteiger partial charge < -0.3 is 14.6 Å². The number of hydrogen-bond acceptors (Lipinski definition) is 9. The summed E-state index contributed by atoms with van der Waals surface area (Å²) in [5, 5.41) is 16.6. The van der Waals surface area contributed by atoms with E-state index in [1.807, 2.05) is 18.2 Å². The fourth-order valence-corrected chi connectivity index (χ4v) is 3.62. The summed E-state index contributed by atoms with van der Waals surface area (Å²) in [6.45, 7) is 1.32. The highest BCUT2D eigenvalue weighted by atomic mass is 35.5. The van der Waals surface area contributed by atoms with Crippen LogP contribution in [-0.4, -0.2) is 40.6 Å². The number of thioether (sulfide) groups is 1. The third-order valence-electron chi connectivity index (χ3n) is 2.89. The molecule has 3 aromatic rings.